The standard InChI is InChI=1S/C17H19Cl2NO3/c18-14-9-6-12(10-15(14)19)17-3-1-2-16(23-17)11-4-7-13(8-5-11)20(21)22/h1,3-5,7-8,12,14-17H,2,6,9-10H2. The maximum atomic E-state index is 10.7. The van der Waals surface area contributed by atoms with Crippen molar-refractivity contribution >= 4 is 28.9 Å². The summed E-state index contributed by atoms with van der Waals surface area (Å²) in [5.41, 5.74) is 1.07. The fraction of sp³-hybridized carbons (Fsp3) is 0.529. The van der Waals surface area contributed by atoms with Gasteiger partial charge in [0.2, 0.25) is 0 Å². The SMILES string of the molecule is O=[N+]([O-])c1ccc(C2CC=CC(C3CCC(Cl)C(Cl)C3)O2)cc1. The van der Waals surface area contributed by atoms with Crippen LogP contribution < -0.4 is 0 Å². The van der Waals surface area contributed by atoms with E-state index in [1.807, 2.05) is 0 Å². The molecular weight excluding hydrogens is 337 g/mol. The number of nitro benzene ring substituents is 1. The molecule has 3 rings (SSSR count). The van der Waals surface area contributed by atoms with E-state index < -0.39 is 0 Å². The molecule has 0 amide bonds. The Morgan fingerprint density at radius 2 is 1.87 bits per heavy atom. The molecule has 2 aliphatic rings. The van der Waals surface area contributed by atoms with Crippen LogP contribution in [0.2, 0.25) is 0 Å². The molecule has 1 saturated carbocycles. The molecule has 0 N–H and O–H groups in total. The number of ether oxygens (including phenoxy) is 1. The second-order valence-electron chi connectivity index (χ2n) is 6.21. The van der Waals surface area contributed by atoms with Gasteiger partial charge in [0.05, 0.1) is 22.5 Å². The molecule has 1 heterocycles. The normalized spacial score (nSPS) is 34.3. The first kappa shape index (κ1) is 16.7. The molecule has 0 aromatic heterocycles. The van der Waals surface area contributed by atoms with Crippen LogP contribution in [0.1, 0.15) is 37.4 Å². The Kier molecular flexibility index (Phi) is 5.24. The zero-order valence-electron chi connectivity index (χ0n) is 12.6. The summed E-state index contributed by atoms with van der Waals surface area (Å²) in [5, 5.41) is 10.8. The molecule has 1 aliphatic heterocycles. The fourth-order valence-electron chi connectivity index (χ4n) is 3.33. The summed E-state index contributed by atoms with van der Waals surface area (Å²) < 4.78 is 6.24. The number of rotatable bonds is 3. The Morgan fingerprint density at radius 3 is 2.52 bits per heavy atom. The highest BCUT2D eigenvalue weighted by atomic mass is 35.5. The van der Waals surface area contributed by atoms with Crippen molar-refractivity contribution in [3.8, 4) is 0 Å². The van der Waals surface area contributed by atoms with Gasteiger partial charge in [0.1, 0.15) is 0 Å². The molecule has 5 atom stereocenters. The highest BCUT2D eigenvalue weighted by Gasteiger charge is 2.34. The lowest BCUT2D eigenvalue weighted by molar-refractivity contribution is -0.384. The predicted octanol–water partition coefficient (Wildman–Crippen LogP) is 5.00. The van der Waals surface area contributed by atoms with E-state index >= 15 is 0 Å². The van der Waals surface area contributed by atoms with Crippen LogP contribution in [-0.2, 0) is 4.74 Å². The van der Waals surface area contributed by atoms with Gasteiger partial charge in [0.15, 0.2) is 0 Å². The minimum atomic E-state index is -0.389. The lowest BCUT2D eigenvalue weighted by Gasteiger charge is -2.36. The first-order valence-corrected chi connectivity index (χ1v) is 8.76. The third-order valence-electron chi connectivity index (χ3n) is 4.67. The summed E-state index contributed by atoms with van der Waals surface area (Å²) >= 11 is 12.5. The molecule has 6 heteroatoms. The first-order valence-electron chi connectivity index (χ1n) is 7.89. The Morgan fingerprint density at radius 1 is 1.13 bits per heavy atom. The molecule has 5 unspecified atom stereocenters. The lowest BCUT2D eigenvalue weighted by atomic mass is 9.83. The van der Waals surface area contributed by atoms with Crippen molar-refractivity contribution < 1.29 is 9.66 Å². The van der Waals surface area contributed by atoms with Crippen molar-refractivity contribution in [2.24, 2.45) is 5.92 Å². The topological polar surface area (TPSA) is 52.4 Å². The van der Waals surface area contributed by atoms with Gasteiger partial charge in [-0.3, -0.25) is 10.1 Å². The average Bonchev–Trinajstić information content (AvgIpc) is 2.57. The van der Waals surface area contributed by atoms with Crippen LogP contribution in [0.15, 0.2) is 36.4 Å². The van der Waals surface area contributed by atoms with Crippen molar-refractivity contribution in [3.63, 3.8) is 0 Å². The molecule has 0 spiro atoms. The fourth-order valence-corrected chi connectivity index (χ4v) is 3.91. The average molecular weight is 356 g/mol. The van der Waals surface area contributed by atoms with Crippen molar-refractivity contribution in [2.75, 3.05) is 0 Å². The maximum absolute atomic E-state index is 10.7. The number of nitrogens with zero attached hydrogens (tertiary/aromatic N) is 1. The number of benzene rings is 1. The van der Waals surface area contributed by atoms with E-state index in [9.17, 15) is 10.1 Å². The highest BCUT2D eigenvalue weighted by molar-refractivity contribution is 6.30. The number of halogens is 2. The molecule has 124 valence electrons. The molecule has 1 aliphatic carbocycles. The van der Waals surface area contributed by atoms with Crippen molar-refractivity contribution in [2.45, 2.75) is 48.6 Å². The summed E-state index contributed by atoms with van der Waals surface area (Å²) in [6.45, 7) is 0. The van der Waals surface area contributed by atoms with Crippen molar-refractivity contribution in [1.82, 2.24) is 0 Å². The van der Waals surface area contributed by atoms with Gasteiger partial charge in [-0.25, -0.2) is 0 Å². The summed E-state index contributed by atoms with van der Waals surface area (Å²) in [6.07, 6.45) is 7.79. The number of nitro groups is 1. The molecule has 0 saturated heterocycles. The van der Waals surface area contributed by atoms with Gasteiger partial charge in [0.25, 0.3) is 5.69 Å². The number of hydrogen-bond acceptors (Lipinski definition) is 3. The molecule has 4 nitrogen and oxygen atoms in total. The molecule has 0 bridgehead atoms. The van der Waals surface area contributed by atoms with E-state index in [4.69, 9.17) is 27.9 Å². The van der Waals surface area contributed by atoms with Gasteiger partial charge >= 0.3 is 0 Å². The monoisotopic (exact) mass is 355 g/mol. The second-order valence-corrected chi connectivity index (χ2v) is 7.33. The lowest BCUT2D eigenvalue weighted by Crippen LogP contribution is -2.35. The summed E-state index contributed by atoms with van der Waals surface area (Å²) in [7, 11) is 0. The molecule has 1 aromatic rings. The van der Waals surface area contributed by atoms with E-state index in [1.54, 1.807) is 12.1 Å². The Labute approximate surface area is 145 Å². The third kappa shape index (κ3) is 3.87. The quantitative estimate of drug-likeness (QED) is 0.332. The van der Waals surface area contributed by atoms with E-state index in [0.717, 1.165) is 31.2 Å². The van der Waals surface area contributed by atoms with E-state index in [2.05, 4.69) is 12.2 Å². The smallest absolute Gasteiger partial charge is 0.269 e. The Hall–Kier alpha value is -1.10. The van der Waals surface area contributed by atoms with Crippen molar-refractivity contribution in [3.05, 3.63) is 52.1 Å². The van der Waals surface area contributed by atoms with Crippen LogP contribution in [0.5, 0.6) is 0 Å². The van der Waals surface area contributed by atoms with E-state index in [0.29, 0.717) is 5.92 Å². The molecule has 0 radical (unpaired) electrons. The third-order valence-corrected chi connectivity index (χ3v) is 5.80. The summed E-state index contributed by atoms with van der Waals surface area (Å²) in [5.74, 6) is 0.379. The van der Waals surface area contributed by atoms with Crippen molar-refractivity contribution in [1.29, 1.82) is 0 Å². The molecule has 1 fully saturated rings. The molecule has 23 heavy (non-hydrogen) atoms. The zero-order valence-corrected chi connectivity index (χ0v) is 14.1. The van der Waals surface area contributed by atoms with E-state index in [1.165, 1.54) is 12.1 Å². The highest BCUT2D eigenvalue weighted by Crippen LogP contribution is 2.38. The van der Waals surface area contributed by atoms with Gasteiger partial charge in [0, 0.05) is 17.5 Å². The first-order chi connectivity index (χ1) is 11.0. The van der Waals surface area contributed by atoms with Gasteiger partial charge in [-0.2, -0.15) is 0 Å². The zero-order chi connectivity index (χ0) is 16.4. The van der Waals surface area contributed by atoms with E-state index in [-0.39, 0.29) is 33.6 Å². The molecular formula is C17H19Cl2NO3. The maximum Gasteiger partial charge on any atom is 0.269 e. The van der Waals surface area contributed by atoms with Crippen LogP contribution in [-0.4, -0.2) is 21.8 Å². The summed E-state index contributed by atoms with van der Waals surface area (Å²) in [6, 6.07) is 6.61. The number of alkyl halides is 2. The number of non-ortho nitro benzene ring substituents is 1. The van der Waals surface area contributed by atoms with Gasteiger partial charge in [-0.05, 0) is 49.3 Å². The van der Waals surface area contributed by atoms with Gasteiger partial charge in [-0.15, -0.1) is 23.2 Å². The van der Waals surface area contributed by atoms with Crippen LogP contribution in [0.4, 0.5) is 5.69 Å². The Balaban J connectivity index is 1.67. The summed E-state index contributed by atoms with van der Waals surface area (Å²) in [4.78, 5) is 10.4. The minimum absolute atomic E-state index is 0.00725. The number of hydrogen-bond donors (Lipinski definition) is 0. The predicted molar refractivity (Wildman–Crippen MR) is 91.1 cm³/mol. The largest absolute Gasteiger partial charge is 0.366 e. The van der Waals surface area contributed by atoms with Gasteiger partial charge in [-0.1, -0.05) is 12.2 Å². The van der Waals surface area contributed by atoms with Crippen LogP contribution in [0.3, 0.4) is 0 Å². The minimum Gasteiger partial charge on any atom is -0.366 e. The Bertz CT molecular complexity index is 590. The van der Waals surface area contributed by atoms with Gasteiger partial charge < -0.3 is 4.74 Å². The van der Waals surface area contributed by atoms with Crippen LogP contribution in [0.25, 0.3) is 0 Å². The van der Waals surface area contributed by atoms with Crippen LogP contribution in [0, 0.1) is 16.0 Å². The molecule has 1 aromatic carbocycles. The second kappa shape index (κ2) is 7.20. The van der Waals surface area contributed by atoms with Crippen LogP contribution >= 0.6 is 23.2 Å².